The first-order valence-corrected chi connectivity index (χ1v) is 7.02. The second-order valence-corrected chi connectivity index (χ2v) is 4.90. The van der Waals surface area contributed by atoms with E-state index in [0.717, 1.165) is 18.0 Å². The summed E-state index contributed by atoms with van der Waals surface area (Å²) in [6.45, 7) is 0.443. The van der Waals surface area contributed by atoms with Crippen molar-refractivity contribution in [2.75, 3.05) is 5.32 Å². The summed E-state index contributed by atoms with van der Waals surface area (Å²) in [6, 6.07) is 8.14. The van der Waals surface area contributed by atoms with E-state index in [1.54, 1.807) is 12.3 Å². The molecule has 0 spiro atoms. The molecule has 3 rings (SSSR count). The molecule has 0 radical (unpaired) electrons. The third-order valence-corrected chi connectivity index (χ3v) is 3.16. The molecular formula is C16H12F3N5. The van der Waals surface area contributed by atoms with Crippen LogP contribution in [0.3, 0.4) is 0 Å². The monoisotopic (exact) mass is 331 g/mol. The third-order valence-electron chi connectivity index (χ3n) is 3.16. The number of pyridine rings is 2. The minimum atomic E-state index is -4.46. The van der Waals surface area contributed by atoms with Gasteiger partial charge in [0.2, 0.25) is 0 Å². The van der Waals surface area contributed by atoms with Gasteiger partial charge in [0.05, 0.1) is 17.8 Å². The predicted octanol–water partition coefficient (Wildman–Crippen LogP) is 3.56. The summed E-state index contributed by atoms with van der Waals surface area (Å²) in [5, 5.41) is 3.06. The van der Waals surface area contributed by atoms with Crippen LogP contribution in [0.1, 0.15) is 11.3 Å². The Hall–Kier alpha value is -3.03. The van der Waals surface area contributed by atoms with Gasteiger partial charge in [0.15, 0.2) is 5.82 Å². The maximum atomic E-state index is 12.8. The topological polar surface area (TPSA) is 63.6 Å². The van der Waals surface area contributed by atoms with E-state index >= 15 is 0 Å². The van der Waals surface area contributed by atoms with Gasteiger partial charge >= 0.3 is 6.18 Å². The highest BCUT2D eigenvalue weighted by molar-refractivity contribution is 5.56. The first-order valence-electron chi connectivity index (χ1n) is 7.02. The zero-order chi connectivity index (χ0) is 17.0. The third kappa shape index (κ3) is 3.83. The molecule has 0 atom stereocenters. The summed E-state index contributed by atoms with van der Waals surface area (Å²) in [5.41, 5.74) is 0.181. The number of nitrogens with one attached hydrogen (secondary N) is 1. The van der Waals surface area contributed by atoms with Gasteiger partial charge in [0, 0.05) is 30.4 Å². The largest absolute Gasteiger partial charge is 0.417 e. The molecule has 0 unspecified atom stereocenters. The molecule has 8 heteroatoms. The molecule has 0 fully saturated rings. The van der Waals surface area contributed by atoms with Crippen LogP contribution >= 0.6 is 0 Å². The van der Waals surface area contributed by atoms with Crippen LogP contribution in [-0.4, -0.2) is 19.9 Å². The van der Waals surface area contributed by atoms with Crippen LogP contribution in [-0.2, 0) is 12.7 Å². The summed E-state index contributed by atoms with van der Waals surface area (Å²) in [7, 11) is 0. The van der Waals surface area contributed by atoms with Crippen LogP contribution in [0.25, 0.3) is 11.4 Å². The molecule has 3 heterocycles. The van der Waals surface area contributed by atoms with E-state index in [2.05, 4.69) is 25.3 Å². The normalized spacial score (nSPS) is 11.3. The Kier molecular flexibility index (Phi) is 4.37. The molecule has 0 aliphatic carbocycles. The van der Waals surface area contributed by atoms with Crippen molar-refractivity contribution < 1.29 is 13.2 Å². The molecule has 5 nitrogen and oxygen atoms in total. The zero-order valence-corrected chi connectivity index (χ0v) is 12.3. The Labute approximate surface area is 135 Å². The van der Waals surface area contributed by atoms with Gasteiger partial charge in [-0.25, -0.2) is 9.97 Å². The van der Waals surface area contributed by atoms with Gasteiger partial charge < -0.3 is 5.32 Å². The molecule has 0 saturated heterocycles. The molecule has 0 amide bonds. The first-order chi connectivity index (χ1) is 11.5. The van der Waals surface area contributed by atoms with E-state index in [1.165, 1.54) is 12.4 Å². The van der Waals surface area contributed by atoms with Gasteiger partial charge in [-0.2, -0.15) is 13.2 Å². The SMILES string of the molecule is FC(F)(F)c1cncc(-c2nccc(NCc3ccccn3)n2)c1. The Morgan fingerprint density at radius 1 is 1.00 bits per heavy atom. The number of hydrogen-bond acceptors (Lipinski definition) is 5. The summed E-state index contributed by atoms with van der Waals surface area (Å²) < 4.78 is 38.3. The van der Waals surface area contributed by atoms with Gasteiger partial charge in [-0.05, 0) is 24.3 Å². The highest BCUT2D eigenvalue weighted by Crippen LogP contribution is 2.30. The quantitative estimate of drug-likeness (QED) is 0.792. The molecule has 1 N–H and O–H groups in total. The molecule has 0 aromatic carbocycles. The smallest absolute Gasteiger partial charge is 0.364 e. The van der Waals surface area contributed by atoms with Gasteiger partial charge in [-0.15, -0.1) is 0 Å². The van der Waals surface area contributed by atoms with Gasteiger partial charge in [0.1, 0.15) is 5.82 Å². The number of alkyl halides is 3. The highest BCUT2D eigenvalue weighted by Gasteiger charge is 2.31. The average molecular weight is 331 g/mol. The molecule has 0 saturated carbocycles. The van der Waals surface area contributed by atoms with Crippen molar-refractivity contribution in [3.8, 4) is 11.4 Å². The van der Waals surface area contributed by atoms with Crippen LogP contribution in [0, 0.1) is 0 Å². The van der Waals surface area contributed by atoms with E-state index in [1.807, 2.05) is 18.2 Å². The number of aromatic nitrogens is 4. The van der Waals surface area contributed by atoms with Crippen LogP contribution in [0.5, 0.6) is 0 Å². The standard InChI is InChI=1S/C16H12F3N5/c17-16(18,19)12-7-11(8-20-9-12)15-22-6-4-14(24-15)23-10-13-3-1-2-5-21-13/h1-9H,10H2,(H,22,23,24). The maximum Gasteiger partial charge on any atom is 0.417 e. The van der Waals surface area contributed by atoms with E-state index in [9.17, 15) is 13.2 Å². The molecule has 122 valence electrons. The average Bonchev–Trinajstić information content (AvgIpc) is 2.60. The Balaban J connectivity index is 1.80. The Morgan fingerprint density at radius 3 is 2.62 bits per heavy atom. The molecule has 3 aromatic rings. The molecule has 0 bridgehead atoms. The lowest BCUT2D eigenvalue weighted by Crippen LogP contribution is -2.06. The molecular weight excluding hydrogens is 319 g/mol. The van der Waals surface area contributed by atoms with E-state index < -0.39 is 11.7 Å². The molecule has 3 aromatic heterocycles. The number of nitrogens with zero attached hydrogens (tertiary/aromatic N) is 4. The zero-order valence-electron chi connectivity index (χ0n) is 12.3. The van der Waals surface area contributed by atoms with E-state index in [4.69, 9.17) is 0 Å². The lowest BCUT2D eigenvalue weighted by Gasteiger charge is -2.09. The second-order valence-electron chi connectivity index (χ2n) is 4.90. The van der Waals surface area contributed by atoms with Gasteiger partial charge in [0.25, 0.3) is 0 Å². The van der Waals surface area contributed by atoms with Crippen LogP contribution in [0.15, 0.2) is 55.1 Å². The van der Waals surface area contributed by atoms with E-state index in [-0.39, 0.29) is 11.4 Å². The fourth-order valence-corrected chi connectivity index (χ4v) is 2.00. The van der Waals surface area contributed by atoms with Crippen molar-refractivity contribution in [2.24, 2.45) is 0 Å². The van der Waals surface area contributed by atoms with Gasteiger partial charge in [-0.1, -0.05) is 6.07 Å². The molecule has 0 aliphatic heterocycles. The fraction of sp³-hybridized carbons (Fsp3) is 0.125. The number of halogens is 3. The summed E-state index contributed by atoms with van der Waals surface area (Å²) >= 11 is 0. The van der Waals surface area contributed by atoms with Crippen molar-refractivity contribution in [1.29, 1.82) is 0 Å². The van der Waals surface area contributed by atoms with Crippen molar-refractivity contribution >= 4 is 5.82 Å². The van der Waals surface area contributed by atoms with Crippen LogP contribution in [0.2, 0.25) is 0 Å². The van der Waals surface area contributed by atoms with Crippen molar-refractivity contribution in [3.05, 3.63) is 66.4 Å². The maximum absolute atomic E-state index is 12.8. The lowest BCUT2D eigenvalue weighted by atomic mass is 10.2. The summed E-state index contributed by atoms with van der Waals surface area (Å²) in [6.07, 6.45) is 0.762. The van der Waals surface area contributed by atoms with Gasteiger partial charge in [-0.3, -0.25) is 9.97 Å². The Bertz CT molecular complexity index is 821. The lowest BCUT2D eigenvalue weighted by molar-refractivity contribution is -0.137. The fourth-order valence-electron chi connectivity index (χ4n) is 2.00. The van der Waals surface area contributed by atoms with Crippen LogP contribution in [0.4, 0.5) is 19.0 Å². The minimum Gasteiger partial charge on any atom is -0.364 e. The van der Waals surface area contributed by atoms with E-state index in [0.29, 0.717) is 12.4 Å². The first kappa shape index (κ1) is 15.9. The predicted molar refractivity (Wildman–Crippen MR) is 81.8 cm³/mol. The number of hydrogen-bond donors (Lipinski definition) is 1. The second kappa shape index (κ2) is 6.61. The van der Waals surface area contributed by atoms with Crippen LogP contribution < -0.4 is 5.32 Å². The molecule has 0 aliphatic rings. The number of rotatable bonds is 4. The number of anilines is 1. The van der Waals surface area contributed by atoms with Crippen molar-refractivity contribution in [3.63, 3.8) is 0 Å². The summed E-state index contributed by atoms with van der Waals surface area (Å²) in [5.74, 6) is 0.655. The minimum absolute atomic E-state index is 0.166. The summed E-state index contributed by atoms with van der Waals surface area (Å²) in [4.78, 5) is 16.0. The molecule has 24 heavy (non-hydrogen) atoms. The highest BCUT2D eigenvalue weighted by atomic mass is 19.4. The Morgan fingerprint density at radius 2 is 1.88 bits per heavy atom. The van der Waals surface area contributed by atoms with Crippen molar-refractivity contribution in [2.45, 2.75) is 12.7 Å². The van der Waals surface area contributed by atoms with Crippen molar-refractivity contribution in [1.82, 2.24) is 19.9 Å².